The molecule has 6 rings (SSSR count). The Labute approximate surface area is 173 Å². The number of carbonyl (C=O) groups excluding carboxylic acids is 1. The molecule has 150 valence electrons. The van der Waals surface area contributed by atoms with Gasteiger partial charge in [0, 0.05) is 44.0 Å². The van der Waals surface area contributed by atoms with E-state index < -0.39 is 0 Å². The second-order valence-electron chi connectivity index (χ2n) is 7.93. The molecular formula is C23H22N6O. The number of hydrogen-bond acceptors (Lipinski definition) is 4. The third-order valence-electron chi connectivity index (χ3n) is 6.25. The summed E-state index contributed by atoms with van der Waals surface area (Å²) < 4.78 is 3.98. The van der Waals surface area contributed by atoms with Crippen LogP contribution in [0.2, 0.25) is 0 Å². The summed E-state index contributed by atoms with van der Waals surface area (Å²) in [6.07, 6.45) is 4.66. The molecule has 4 aromatic rings. The molecule has 0 saturated heterocycles. The van der Waals surface area contributed by atoms with E-state index >= 15 is 0 Å². The van der Waals surface area contributed by atoms with E-state index in [2.05, 4.69) is 44.2 Å². The number of imidazole rings is 1. The Kier molecular flexibility index (Phi) is 3.79. The van der Waals surface area contributed by atoms with Gasteiger partial charge >= 0.3 is 0 Å². The van der Waals surface area contributed by atoms with Crippen LogP contribution < -0.4 is 10.2 Å². The third-order valence-corrected chi connectivity index (χ3v) is 6.25. The molecule has 0 unspecified atom stereocenters. The number of aryl methyl sites for hydroxylation is 1. The van der Waals surface area contributed by atoms with Crippen molar-refractivity contribution in [2.24, 2.45) is 7.05 Å². The smallest absolute Gasteiger partial charge is 0.278 e. The monoisotopic (exact) mass is 398 g/mol. The van der Waals surface area contributed by atoms with Gasteiger partial charge in [-0.1, -0.05) is 24.3 Å². The Morgan fingerprint density at radius 2 is 1.97 bits per heavy atom. The van der Waals surface area contributed by atoms with Crippen LogP contribution in [-0.2, 0) is 26.6 Å². The first-order chi connectivity index (χ1) is 14.7. The number of hydrogen-bond donors (Lipinski definition) is 1. The highest BCUT2D eigenvalue weighted by atomic mass is 16.2. The number of aromatic nitrogens is 4. The Balaban J connectivity index is 1.41. The van der Waals surface area contributed by atoms with Crippen molar-refractivity contribution in [3.05, 3.63) is 65.9 Å². The summed E-state index contributed by atoms with van der Waals surface area (Å²) in [4.78, 5) is 19.8. The van der Waals surface area contributed by atoms with Gasteiger partial charge in [-0.3, -0.25) is 9.48 Å². The van der Waals surface area contributed by atoms with Gasteiger partial charge in [0.1, 0.15) is 11.5 Å². The average molecular weight is 398 g/mol. The van der Waals surface area contributed by atoms with Crippen LogP contribution in [0.4, 0.5) is 5.69 Å². The van der Waals surface area contributed by atoms with E-state index in [0.29, 0.717) is 18.8 Å². The summed E-state index contributed by atoms with van der Waals surface area (Å²) in [5, 5.41) is 8.86. The molecule has 0 radical (unpaired) electrons. The maximum atomic E-state index is 13.3. The number of nitrogens with one attached hydrogen (secondary N) is 1. The van der Waals surface area contributed by atoms with E-state index in [1.165, 1.54) is 11.1 Å². The van der Waals surface area contributed by atoms with Crippen molar-refractivity contribution in [1.82, 2.24) is 24.6 Å². The first-order valence-corrected chi connectivity index (χ1v) is 10.3. The largest absolute Gasteiger partial charge is 0.332 e. The molecule has 7 heteroatoms. The van der Waals surface area contributed by atoms with Crippen LogP contribution in [0.25, 0.3) is 22.0 Å². The first-order valence-electron chi connectivity index (χ1n) is 10.3. The van der Waals surface area contributed by atoms with E-state index in [0.717, 1.165) is 47.5 Å². The zero-order valence-electron chi connectivity index (χ0n) is 16.8. The summed E-state index contributed by atoms with van der Waals surface area (Å²) in [6.45, 7) is 3.15. The number of nitrogens with zero attached hydrogens (tertiary/aromatic N) is 5. The van der Waals surface area contributed by atoms with Crippen LogP contribution in [0.15, 0.2) is 48.8 Å². The SMILES string of the molecule is Cn1ncc2c(-c3cccc4c3CCN4C(=O)c3cn4c(n3)CNCC4)cccc21. The third kappa shape index (κ3) is 2.52. The van der Waals surface area contributed by atoms with E-state index in [1.807, 2.05) is 41.2 Å². The highest BCUT2D eigenvalue weighted by molar-refractivity contribution is 6.07. The fourth-order valence-electron chi connectivity index (χ4n) is 4.74. The number of fused-ring (bicyclic) bond motifs is 3. The van der Waals surface area contributed by atoms with E-state index in [1.54, 1.807) is 0 Å². The highest BCUT2D eigenvalue weighted by Crippen LogP contribution is 2.39. The fraction of sp³-hybridized carbons (Fsp3) is 0.261. The van der Waals surface area contributed by atoms with Gasteiger partial charge in [0.15, 0.2) is 0 Å². The second-order valence-corrected chi connectivity index (χ2v) is 7.93. The molecule has 2 aromatic carbocycles. The van der Waals surface area contributed by atoms with Gasteiger partial charge in [0.05, 0.1) is 18.3 Å². The molecule has 0 spiro atoms. The molecule has 0 fully saturated rings. The molecule has 30 heavy (non-hydrogen) atoms. The summed E-state index contributed by atoms with van der Waals surface area (Å²) >= 11 is 0. The van der Waals surface area contributed by atoms with Crippen LogP contribution >= 0.6 is 0 Å². The van der Waals surface area contributed by atoms with Crippen molar-refractivity contribution in [1.29, 1.82) is 0 Å². The summed E-state index contributed by atoms with van der Waals surface area (Å²) in [7, 11) is 1.96. The zero-order chi connectivity index (χ0) is 20.2. The van der Waals surface area contributed by atoms with Crippen LogP contribution in [0.1, 0.15) is 21.9 Å². The van der Waals surface area contributed by atoms with Crippen LogP contribution in [0.5, 0.6) is 0 Å². The predicted molar refractivity (Wildman–Crippen MR) is 115 cm³/mol. The number of anilines is 1. The molecule has 0 bridgehead atoms. The van der Waals surface area contributed by atoms with Crippen molar-refractivity contribution in [2.75, 3.05) is 18.0 Å². The van der Waals surface area contributed by atoms with Crippen molar-refractivity contribution in [2.45, 2.75) is 19.5 Å². The van der Waals surface area contributed by atoms with Gasteiger partial charge in [-0.15, -0.1) is 0 Å². The minimum atomic E-state index is -0.0209. The Bertz CT molecular complexity index is 1280. The lowest BCUT2D eigenvalue weighted by Gasteiger charge is -2.17. The molecule has 7 nitrogen and oxygen atoms in total. The molecule has 0 aliphatic carbocycles. The second kappa shape index (κ2) is 6.53. The summed E-state index contributed by atoms with van der Waals surface area (Å²) in [5.41, 5.74) is 6.18. The van der Waals surface area contributed by atoms with Crippen molar-refractivity contribution < 1.29 is 4.79 Å². The minimum absolute atomic E-state index is 0.0209. The topological polar surface area (TPSA) is 68.0 Å². The molecule has 0 saturated carbocycles. The molecule has 1 amide bonds. The molecular weight excluding hydrogens is 376 g/mol. The lowest BCUT2D eigenvalue weighted by atomic mass is 9.95. The van der Waals surface area contributed by atoms with Gasteiger partial charge in [-0.25, -0.2) is 4.98 Å². The summed E-state index contributed by atoms with van der Waals surface area (Å²) in [5.74, 6) is 0.911. The number of amides is 1. The maximum absolute atomic E-state index is 13.3. The van der Waals surface area contributed by atoms with Gasteiger partial charge in [0.25, 0.3) is 5.91 Å². The predicted octanol–water partition coefficient (Wildman–Crippen LogP) is 2.74. The van der Waals surface area contributed by atoms with Gasteiger partial charge < -0.3 is 14.8 Å². The van der Waals surface area contributed by atoms with Gasteiger partial charge in [0.2, 0.25) is 0 Å². The zero-order valence-corrected chi connectivity index (χ0v) is 16.8. The molecule has 2 aromatic heterocycles. The first kappa shape index (κ1) is 17.4. The quantitative estimate of drug-likeness (QED) is 0.564. The van der Waals surface area contributed by atoms with Crippen LogP contribution in [0, 0.1) is 0 Å². The standard InChI is InChI=1S/C23H22N6O/c1-27-20-6-2-5-16(18(20)12-25-27)15-4-3-7-21-17(15)8-10-29(21)23(30)19-14-28-11-9-24-13-22(28)26-19/h2-7,12,14,24H,8-11,13H2,1H3. The Morgan fingerprint density at radius 3 is 2.87 bits per heavy atom. The highest BCUT2D eigenvalue weighted by Gasteiger charge is 2.30. The normalized spacial score (nSPS) is 15.4. The molecule has 2 aliphatic rings. The van der Waals surface area contributed by atoms with Crippen molar-refractivity contribution in [3.63, 3.8) is 0 Å². The Hall–Kier alpha value is -3.45. The number of rotatable bonds is 2. The minimum Gasteiger partial charge on any atom is -0.332 e. The van der Waals surface area contributed by atoms with E-state index in [-0.39, 0.29) is 5.91 Å². The van der Waals surface area contributed by atoms with Crippen LogP contribution in [0.3, 0.4) is 0 Å². The summed E-state index contributed by atoms with van der Waals surface area (Å²) in [6, 6.07) is 12.5. The Morgan fingerprint density at radius 1 is 1.10 bits per heavy atom. The lowest BCUT2D eigenvalue weighted by Crippen LogP contribution is -2.29. The van der Waals surface area contributed by atoms with Crippen LogP contribution in [-0.4, -0.2) is 38.3 Å². The van der Waals surface area contributed by atoms with Gasteiger partial charge in [-0.05, 0) is 35.2 Å². The van der Waals surface area contributed by atoms with E-state index in [4.69, 9.17) is 0 Å². The molecule has 0 atom stereocenters. The lowest BCUT2D eigenvalue weighted by molar-refractivity contribution is 0.0985. The number of carbonyl (C=O) groups is 1. The van der Waals surface area contributed by atoms with E-state index in [9.17, 15) is 4.79 Å². The average Bonchev–Trinajstić information content (AvgIpc) is 3.49. The van der Waals surface area contributed by atoms with Crippen molar-refractivity contribution in [3.8, 4) is 11.1 Å². The maximum Gasteiger partial charge on any atom is 0.278 e. The fourth-order valence-corrected chi connectivity index (χ4v) is 4.74. The van der Waals surface area contributed by atoms with Gasteiger partial charge in [-0.2, -0.15) is 5.10 Å². The number of benzene rings is 2. The molecule has 4 heterocycles. The van der Waals surface area contributed by atoms with Crippen molar-refractivity contribution >= 4 is 22.5 Å². The molecule has 1 N–H and O–H groups in total. The molecule has 2 aliphatic heterocycles.